The van der Waals surface area contributed by atoms with E-state index in [1.165, 1.54) is 12.1 Å². The van der Waals surface area contributed by atoms with Gasteiger partial charge in [-0.05, 0) is 54.5 Å². The van der Waals surface area contributed by atoms with Gasteiger partial charge in [0.15, 0.2) is 9.84 Å². The van der Waals surface area contributed by atoms with Gasteiger partial charge in [-0.3, -0.25) is 0 Å². The number of benzene rings is 2. The zero-order chi connectivity index (χ0) is 22.1. The zero-order valence-corrected chi connectivity index (χ0v) is 18.5. The summed E-state index contributed by atoms with van der Waals surface area (Å²) in [7, 11) is -3.98. The summed E-state index contributed by atoms with van der Waals surface area (Å²) in [6.07, 6.45) is -1.71. The number of sulfone groups is 1. The smallest absolute Gasteiger partial charge is 0.404 e. The lowest BCUT2D eigenvalue weighted by Gasteiger charge is -2.26. The summed E-state index contributed by atoms with van der Waals surface area (Å²) in [6.45, 7) is 2.11. The molecule has 164 valence electrons. The van der Waals surface area contributed by atoms with Gasteiger partial charge in [-0.15, -0.1) is 13.2 Å². The fourth-order valence-corrected chi connectivity index (χ4v) is 6.09. The molecule has 1 aliphatic carbocycles. The SMILES string of the molecule is CC1CCC(CS(=O)(=O)c2ccc(-c3ccc(Cl)cc3Cl)cc2OC(F)(F)F)CC1. The van der Waals surface area contributed by atoms with Gasteiger partial charge in [0.05, 0.1) is 5.75 Å². The van der Waals surface area contributed by atoms with Crippen LogP contribution in [0.3, 0.4) is 0 Å². The number of alkyl halides is 3. The molecular weight excluding hydrogens is 460 g/mol. The Balaban J connectivity index is 1.98. The van der Waals surface area contributed by atoms with Crippen LogP contribution in [0.5, 0.6) is 5.75 Å². The van der Waals surface area contributed by atoms with Crippen LogP contribution in [0.1, 0.15) is 32.6 Å². The monoisotopic (exact) mass is 480 g/mol. The van der Waals surface area contributed by atoms with E-state index in [0.717, 1.165) is 37.8 Å². The van der Waals surface area contributed by atoms with E-state index in [0.29, 0.717) is 22.1 Å². The van der Waals surface area contributed by atoms with E-state index < -0.39 is 26.8 Å². The van der Waals surface area contributed by atoms with Crippen molar-refractivity contribution in [2.75, 3.05) is 5.75 Å². The Bertz CT molecular complexity index is 1010. The summed E-state index contributed by atoms with van der Waals surface area (Å²) < 4.78 is 69.1. The van der Waals surface area contributed by atoms with E-state index in [4.69, 9.17) is 23.2 Å². The molecule has 30 heavy (non-hydrogen) atoms. The summed E-state index contributed by atoms with van der Waals surface area (Å²) in [5.74, 6) is -0.489. The third-order valence-electron chi connectivity index (χ3n) is 5.34. The summed E-state index contributed by atoms with van der Waals surface area (Å²) in [5.41, 5.74) is 0.708. The highest BCUT2D eigenvalue weighted by Crippen LogP contribution is 2.39. The molecule has 0 radical (unpaired) electrons. The molecule has 1 fully saturated rings. The molecule has 0 N–H and O–H groups in total. The number of hydrogen-bond donors (Lipinski definition) is 0. The Morgan fingerprint density at radius 2 is 1.70 bits per heavy atom. The van der Waals surface area contributed by atoms with E-state index in [1.54, 1.807) is 12.1 Å². The quantitative estimate of drug-likeness (QED) is 0.455. The van der Waals surface area contributed by atoms with Crippen molar-refractivity contribution in [2.45, 2.75) is 43.9 Å². The second-order valence-corrected chi connectivity index (χ2v) is 10.6. The van der Waals surface area contributed by atoms with E-state index in [9.17, 15) is 21.6 Å². The molecule has 0 bridgehead atoms. The van der Waals surface area contributed by atoms with Crippen LogP contribution in [-0.2, 0) is 9.84 Å². The van der Waals surface area contributed by atoms with E-state index in [1.807, 2.05) is 0 Å². The third-order valence-corrected chi connectivity index (χ3v) is 7.80. The molecule has 3 rings (SSSR count). The first-order valence-electron chi connectivity index (χ1n) is 9.52. The van der Waals surface area contributed by atoms with Crippen molar-refractivity contribution in [2.24, 2.45) is 11.8 Å². The van der Waals surface area contributed by atoms with Crippen LogP contribution in [0.2, 0.25) is 10.0 Å². The van der Waals surface area contributed by atoms with Gasteiger partial charge in [0.1, 0.15) is 10.6 Å². The fraction of sp³-hybridized carbons (Fsp3) is 0.429. The van der Waals surface area contributed by atoms with Gasteiger partial charge in [0.25, 0.3) is 0 Å². The Morgan fingerprint density at radius 1 is 1.03 bits per heavy atom. The largest absolute Gasteiger partial charge is 0.573 e. The molecular formula is C21H21Cl2F3O3S. The van der Waals surface area contributed by atoms with Crippen molar-refractivity contribution in [3.8, 4) is 16.9 Å². The molecule has 0 saturated heterocycles. The van der Waals surface area contributed by atoms with Crippen LogP contribution >= 0.6 is 23.2 Å². The first-order chi connectivity index (χ1) is 13.9. The lowest BCUT2D eigenvalue weighted by molar-refractivity contribution is -0.275. The van der Waals surface area contributed by atoms with Gasteiger partial charge < -0.3 is 4.74 Å². The molecule has 0 atom stereocenters. The number of ether oxygens (including phenoxy) is 1. The van der Waals surface area contributed by atoms with Crippen molar-refractivity contribution >= 4 is 33.0 Å². The molecule has 1 aliphatic rings. The lowest BCUT2D eigenvalue weighted by atomic mass is 9.84. The lowest BCUT2D eigenvalue weighted by Crippen LogP contribution is -2.23. The molecule has 2 aromatic rings. The Hall–Kier alpha value is -1.44. The first kappa shape index (κ1) is 23.2. The van der Waals surface area contributed by atoms with Crippen LogP contribution in [0.25, 0.3) is 11.1 Å². The van der Waals surface area contributed by atoms with Crippen molar-refractivity contribution in [3.05, 3.63) is 46.4 Å². The number of halogens is 5. The second-order valence-electron chi connectivity index (χ2n) is 7.74. The van der Waals surface area contributed by atoms with E-state index >= 15 is 0 Å². The van der Waals surface area contributed by atoms with Crippen molar-refractivity contribution < 1.29 is 26.3 Å². The summed E-state index contributed by atoms with van der Waals surface area (Å²) >= 11 is 12.0. The normalized spacial score (nSPS) is 20.2. The van der Waals surface area contributed by atoms with Crippen LogP contribution in [0, 0.1) is 11.8 Å². The molecule has 0 unspecified atom stereocenters. The van der Waals surface area contributed by atoms with Crippen molar-refractivity contribution in [1.29, 1.82) is 0 Å². The van der Waals surface area contributed by atoms with Crippen LogP contribution in [-0.4, -0.2) is 20.5 Å². The molecule has 0 heterocycles. The van der Waals surface area contributed by atoms with Gasteiger partial charge in [-0.1, -0.05) is 55.1 Å². The minimum Gasteiger partial charge on any atom is -0.404 e. The van der Waals surface area contributed by atoms with Gasteiger partial charge in [-0.25, -0.2) is 8.42 Å². The average Bonchev–Trinajstić information content (AvgIpc) is 2.62. The molecule has 0 amide bonds. The van der Waals surface area contributed by atoms with Crippen molar-refractivity contribution in [3.63, 3.8) is 0 Å². The molecule has 0 aliphatic heterocycles. The molecule has 2 aromatic carbocycles. The maximum atomic E-state index is 13.0. The van der Waals surface area contributed by atoms with Gasteiger partial charge >= 0.3 is 6.36 Å². The molecule has 0 aromatic heterocycles. The minimum absolute atomic E-state index is 0.0738. The highest BCUT2D eigenvalue weighted by atomic mass is 35.5. The first-order valence-corrected chi connectivity index (χ1v) is 11.9. The number of rotatable bonds is 5. The molecule has 3 nitrogen and oxygen atoms in total. The standard InChI is InChI=1S/C21H21Cl2F3O3S/c1-13-2-4-14(5-3-13)12-30(27,28)20-9-6-15(10-19(20)29-21(24,25)26)17-8-7-16(22)11-18(17)23/h6-11,13-14H,2-5,12H2,1H3. The van der Waals surface area contributed by atoms with Gasteiger partial charge in [-0.2, -0.15) is 0 Å². The molecule has 1 saturated carbocycles. The van der Waals surface area contributed by atoms with Crippen LogP contribution in [0.15, 0.2) is 41.3 Å². The zero-order valence-electron chi connectivity index (χ0n) is 16.2. The Kier molecular flexibility index (Phi) is 6.94. The average molecular weight is 481 g/mol. The highest BCUT2D eigenvalue weighted by Gasteiger charge is 2.35. The molecule has 9 heteroatoms. The number of hydrogen-bond acceptors (Lipinski definition) is 3. The predicted molar refractivity (Wildman–Crippen MR) is 112 cm³/mol. The Morgan fingerprint density at radius 3 is 2.30 bits per heavy atom. The second kappa shape index (κ2) is 8.97. The third kappa shape index (κ3) is 5.83. The maximum Gasteiger partial charge on any atom is 0.573 e. The summed E-state index contributed by atoms with van der Waals surface area (Å²) in [4.78, 5) is -0.465. The van der Waals surface area contributed by atoms with Gasteiger partial charge in [0, 0.05) is 15.6 Å². The topological polar surface area (TPSA) is 43.4 Å². The summed E-state index contributed by atoms with van der Waals surface area (Å²) in [5, 5.41) is 0.601. The fourth-order valence-electron chi connectivity index (χ4n) is 3.76. The van der Waals surface area contributed by atoms with Crippen molar-refractivity contribution in [1.82, 2.24) is 0 Å². The molecule has 0 spiro atoms. The Labute approximate surface area is 184 Å². The van der Waals surface area contributed by atoms with E-state index in [2.05, 4.69) is 11.7 Å². The minimum atomic E-state index is -5.03. The maximum absolute atomic E-state index is 13.0. The van der Waals surface area contributed by atoms with Crippen LogP contribution < -0.4 is 4.74 Å². The predicted octanol–water partition coefficient (Wildman–Crippen LogP) is 7.16. The highest BCUT2D eigenvalue weighted by molar-refractivity contribution is 7.91. The van der Waals surface area contributed by atoms with Crippen LogP contribution in [0.4, 0.5) is 13.2 Å². The van der Waals surface area contributed by atoms with E-state index in [-0.39, 0.29) is 16.7 Å². The van der Waals surface area contributed by atoms with Gasteiger partial charge in [0.2, 0.25) is 0 Å². The summed E-state index contributed by atoms with van der Waals surface area (Å²) in [6, 6.07) is 8.18.